The highest BCUT2D eigenvalue weighted by atomic mass is 79.9. The molecule has 0 fully saturated rings. The number of hydrogen-bond acceptors (Lipinski definition) is 3. The lowest BCUT2D eigenvalue weighted by atomic mass is 10.1. The molecule has 0 aromatic heterocycles. The van der Waals surface area contributed by atoms with E-state index in [-0.39, 0.29) is 24.9 Å². The van der Waals surface area contributed by atoms with E-state index in [1.54, 1.807) is 0 Å². The zero-order valence-electron chi connectivity index (χ0n) is 5.53. The Morgan fingerprint density at radius 1 is 0.833 bits per heavy atom. The number of nitrogens with two attached hydrogens (primary N) is 1. The fourth-order valence-electron chi connectivity index (χ4n) is 0.636. The van der Waals surface area contributed by atoms with Gasteiger partial charge in [0.25, 0.3) is 0 Å². The molecule has 12 heavy (non-hydrogen) atoms. The van der Waals surface area contributed by atoms with Gasteiger partial charge >= 0.3 is 0 Å². The first-order chi connectivity index (χ1) is 5.46. The minimum absolute atomic E-state index is 0.0740. The number of rotatable bonds is 0. The van der Waals surface area contributed by atoms with Gasteiger partial charge in [0.2, 0.25) is 11.6 Å². The van der Waals surface area contributed by atoms with E-state index in [1.807, 2.05) is 0 Å². The fraction of sp³-hybridized carbons (Fsp3) is 0. The highest BCUT2D eigenvalue weighted by Crippen LogP contribution is 2.31. The minimum Gasteiger partial charge on any atom is -0.394 e. The predicted molar refractivity (Wildman–Crippen MR) is 55.0 cm³/mol. The van der Waals surface area contributed by atoms with Gasteiger partial charge in [-0.1, -0.05) is 0 Å². The molecule has 0 aliphatic heterocycles. The molecule has 0 saturated heterocycles. The SMILES string of the molecule is NC1=C(Br)C(=O)C(Br)=C(Br)C1=O. The van der Waals surface area contributed by atoms with Crippen LogP contribution in [0.4, 0.5) is 0 Å². The van der Waals surface area contributed by atoms with E-state index in [2.05, 4.69) is 47.8 Å². The molecule has 0 aromatic carbocycles. The maximum atomic E-state index is 11.2. The van der Waals surface area contributed by atoms with Crippen molar-refractivity contribution in [2.24, 2.45) is 5.73 Å². The summed E-state index contributed by atoms with van der Waals surface area (Å²) in [6, 6.07) is 0. The number of Topliss-reactive ketones (excluding diaryl/α,β-unsaturated/α-hetero) is 2. The van der Waals surface area contributed by atoms with Crippen molar-refractivity contribution in [1.29, 1.82) is 0 Å². The summed E-state index contributed by atoms with van der Waals surface area (Å²) in [7, 11) is 0. The van der Waals surface area contributed by atoms with Crippen LogP contribution in [0.1, 0.15) is 0 Å². The van der Waals surface area contributed by atoms with E-state index in [4.69, 9.17) is 5.73 Å². The van der Waals surface area contributed by atoms with Gasteiger partial charge in [-0.15, -0.1) is 0 Å². The molecule has 64 valence electrons. The second-order valence-electron chi connectivity index (χ2n) is 2.01. The van der Waals surface area contributed by atoms with Crippen molar-refractivity contribution in [2.75, 3.05) is 0 Å². The lowest BCUT2D eigenvalue weighted by molar-refractivity contribution is -0.115. The molecule has 0 aromatic rings. The van der Waals surface area contributed by atoms with Crippen molar-refractivity contribution in [3.8, 4) is 0 Å². The van der Waals surface area contributed by atoms with Crippen LogP contribution in [0, 0.1) is 0 Å². The summed E-state index contributed by atoms with van der Waals surface area (Å²) in [5, 5.41) is 0. The summed E-state index contributed by atoms with van der Waals surface area (Å²) in [5.74, 6) is -0.729. The Kier molecular flexibility index (Phi) is 2.90. The first kappa shape index (κ1) is 10.1. The number of hydrogen-bond donors (Lipinski definition) is 1. The Labute approximate surface area is 93.4 Å². The first-order valence-electron chi connectivity index (χ1n) is 2.76. The number of carbonyl (C=O) groups is 2. The third-order valence-corrected chi connectivity index (χ3v) is 4.10. The van der Waals surface area contributed by atoms with Gasteiger partial charge in [0.05, 0.1) is 19.1 Å². The smallest absolute Gasteiger partial charge is 0.218 e. The second-order valence-corrected chi connectivity index (χ2v) is 4.39. The van der Waals surface area contributed by atoms with E-state index in [9.17, 15) is 9.59 Å². The van der Waals surface area contributed by atoms with Gasteiger partial charge in [0.15, 0.2) is 0 Å². The average Bonchev–Trinajstić information content (AvgIpc) is 2.08. The molecule has 1 rings (SSSR count). The number of ketones is 2. The van der Waals surface area contributed by atoms with Crippen molar-refractivity contribution < 1.29 is 9.59 Å². The number of allylic oxidation sites excluding steroid dienone is 3. The lowest BCUT2D eigenvalue weighted by Crippen LogP contribution is -2.22. The highest BCUT2D eigenvalue weighted by Gasteiger charge is 2.29. The third kappa shape index (κ3) is 1.43. The van der Waals surface area contributed by atoms with Crippen LogP contribution in [0.3, 0.4) is 0 Å². The van der Waals surface area contributed by atoms with Crippen molar-refractivity contribution in [3.05, 3.63) is 19.1 Å². The second kappa shape index (κ2) is 3.43. The standard InChI is InChI=1S/C6H2Br3NO2/c7-1-2(8)6(12)4(10)3(9)5(1)11/h10H2. The lowest BCUT2D eigenvalue weighted by Gasteiger charge is -2.10. The molecule has 0 atom stereocenters. The van der Waals surface area contributed by atoms with Crippen LogP contribution in [0.15, 0.2) is 19.1 Å². The van der Waals surface area contributed by atoms with Crippen LogP contribution in [-0.4, -0.2) is 11.6 Å². The molecule has 1 aliphatic carbocycles. The Balaban J connectivity index is 3.32. The van der Waals surface area contributed by atoms with Crippen LogP contribution < -0.4 is 5.73 Å². The largest absolute Gasteiger partial charge is 0.394 e. The van der Waals surface area contributed by atoms with Gasteiger partial charge in [-0.2, -0.15) is 0 Å². The van der Waals surface area contributed by atoms with Crippen LogP contribution in [0.2, 0.25) is 0 Å². The maximum Gasteiger partial charge on any atom is 0.218 e. The Bertz CT molecular complexity index is 281. The van der Waals surface area contributed by atoms with E-state index in [0.717, 1.165) is 0 Å². The minimum atomic E-state index is -0.395. The third-order valence-electron chi connectivity index (χ3n) is 1.27. The number of carbonyl (C=O) groups excluding carboxylic acids is 2. The van der Waals surface area contributed by atoms with E-state index < -0.39 is 5.78 Å². The summed E-state index contributed by atoms with van der Waals surface area (Å²) in [5.41, 5.74) is 5.27. The zero-order chi connectivity index (χ0) is 9.46. The van der Waals surface area contributed by atoms with Crippen LogP contribution in [-0.2, 0) is 9.59 Å². The van der Waals surface area contributed by atoms with E-state index in [1.165, 1.54) is 0 Å². The summed E-state index contributed by atoms with van der Waals surface area (Å²) >= 11 is 8.85. The summed E-state index contributed by atoms with van der Waals surface area (Å²) < 4.78 is 0.448. The zero-order valence-corrected chi connectivity index (χ0v) is 10.3. The molecular weight excluding hydrogens is 358 g/mol. The van der Waals surface area contributed by atoms with Gasteiger partial charge in [-0.3, -0.25) is 9.59 Å². The van der Waals surface area contributed by atoms with Crippen LogP contribution >= 0.6 is 47.8 Å². The Morgan fingerprint density at radius 2 is 1.25 bits per heavy atom. The normalized spacial score (nSPS) is 19.2. The van der Waals surface area contributed by atoms with Gasteiger partial charge in [-0.25, -0.2) is 0 Å². The molecule has 0 amide bonds. The fourth-order valence-corrected chi connectivity index (χ4v) is 2.05. The number of halogens is 3. The van der Waals surface area contributed by atoms with Crippen molar-refractivity contribution in [1.82, 2.24) is 0 Å². The molecule has 6 heteroatoms. The van der Waals surface area contributed by atoms with Gasteiger partial charge in [0.1, 0.15) is 0 Å². The molecule has 3 nitrogen and oxygen atoms in total. The molecule has 0 saturated carbocycles. The van der Waals surface area contributed by atoms with Crippen molar-refractivity contribution in [2.45, 2.75) is 0 Å². The van der Waals surface area contributed by atoms with Gasteiger partial charge in [0, 0.05) is 0 Å². The molecule has 1 aliphatic rings. The topological polar surface area (TPSA) is 60.2 Å². The molecule has 2 N–H and O–H groups in total. The van der Waals surface area contributed by atoms with Crippen molar-refractivity contribution >= 4 is 59.4 Å². The molecular formula is C6H2Br3NO2. The summed E-state index contributed by atoms with van der Waals surface area (Å²) in [4.78, 5) is 22.4. The average molecular weight is 360 g/mol. The van der Waals surface area contributed by atoms with Crippen LogP contribution in [0.5, 0.6) is 0 Å². The summed E-state index contributed by atoms with van der Waals surface area (Å²) in [6.07, 6.45) is 0. The maximum absolute atomic E-state index is 11.2. The predicted octanol–water partition coefficient (Wildman–Crippen LogP) is 1.70. The Hall–Kier alpha value is 0.0600. The van der Waals surface area contributed by atoms with E-state index in [0.29, 0.717) is 0 Å². The molecule has 0 heterocycles. The molecule has 0 radical (unpaired) electrons. The van der Waals surface area contributed by atoms with Crippen LogP contribution in [0.25, 0.3) is 0 Å². The Morgan fingerprint density at radius 3 is 1.75 bits per heavy atom. The molecule has 0 spiro atoms. The first-order valence-corrected chi connectivity index (χ1v) is 5.14. The quantitative estimate of drug-likeness (QED) is 0.670. The summed E-state index contributed by atoms with van der Waals surface area (Å²) in [6.45, 7) is 0. The molecule has 0 unspecified atom stereocenters. The van der Waals surface area contributed by atoms with Crippen molar-refractivity contribution in [3.63, 3.8) is 0 Å². The molecule has 0 bridgehead atoms. The van der Waals surface area contributed by atoms with Gasteiger partial charge < -0.3 is 5.73 Å². The van der Waals surface area contributed by atoms with Gasteiger partial charge in [-0.05, 0) is 47.8 Å². The monoisotopic (exact) mass is 357 g/mol. The van der Waals surface area contributed by atoms with E-state index >= 15 is 0 Å². The highest BCUT2D eigenvalue weighted by molar-refractivity contribution is 9.15.